The summed E-state index contributed by atoms with van der Waals surface area (Å²) in [5.74, 6) is 0.593. The van der Waals surface area contributed by atoms with E-state index in [0.29, 0.717) is 35.6 Å². The van der Waals surface area contributed by atoms with E-state index < -0.39 is 12.1 Å². The van der Waals surface area contributed by atoms with E-state index in [1.54, 1.807) is 36.5 Å². The van der Waals surface area contributed by atoms with Crippen LogP contribution in [-0.4, -0.2) is 58.6 Å². The van der Waals surface area contributed by atoms with Crippen molar-refractivity contribution in [1.82, 2.24) is 14.5 Å². The number of rotatable bonds is 14. The van der Waals surface area contributed by atoms with E-state index in [1.165, 1.54) is 12.0 Å². The van der Waals surface area contributed by atoms with Crippen molar-refractivity contribution in [3.63, 3.8) is 0 Å². The first-order chi connectivity index (χ1) is 22.2. The lowest BCUT2D eigenvalue weighted by Crippen LogP contribution is -2.33. The molecule has 12 heteroatoms. The molecule has 3 N–H and O–H groups in total. The Labute approximate surface area is 268 Å². The summed E-state index contributed by atoms with van der Waals surface area (Å²) in [7, 11) is 3.23. The first-order valence-electron chi connectivity index (χ1n) is 15.3. The van der Waals surface area contributed by atoms with Gasteiger partial charge in [-0.2, -0.15) is 4.99 Å². The number of imidazole rings is 1. The van der Waals surface area contributed by atoms with Gasteiger partial charge in [-0.25, -0.2) is 14.8 Å². The third-order valence-electron chi connectivity index (χ3n) is 7.55. The van der Waals surface area contributed by atoms with Crippen LogP contribution < -0.4 is 16.0 Å². The molecule has 0 aliphatic heterocycles. The Bertz CT molecular complexity index is 1700. The van der Waals surface area contributed by atoms with Crippen LogP contribution >= 0.6 is 0 Å². The maximum atomic E-state index is 13.6. The van der Waals surface area contributed by atoms with Crippen LogP contribution in [0.15, 0.2) is 65.8 Å². The molecule has 0 saturated heterocycles. The van der Waals surface area contributed by atoms with E-state index in [0.717, 1.165) is 48.3 Å². The lowest BCUT2D eigenvalue weighted by Gasteiger charge is -2.21. The molecule has 0 atom stereocenters. The Kier molecular flexibility index (Phi) is 11.8. The second-order valence-corrected chi connectivity index (χ2v) is 10.8. The maximum Gasteiger partial charge on any atom is 0.435 e. The number of nitrogens with one attached hydrogen (secondary N) is 1. The van der Waals surface area contributed by atoms with Crippen molar-refractivity contribution in [3.8, 4) is 0 Å². The zero-order valence-corrected chi connectivity index (χ0v) is 26.8. The number of pyridine rings is 1. The van der Waals surface area contributed by atoms with Gasteiger partial charge in [0, 0.05) is 36.6 Å². The molecule has 242 valence electrons. The Morgan fingerprint density at radius 3 is 2.61 bits per heavy atom. The number of hydrogen-bond acceptors (Lipinski definition) is 8. The van der Waals surface area contributed by atoms with Crippen molar-refractivity contribution in [2.45, 2.75) is 52.5 Å². The molecule has 4 aromatic rings. The highest BCUT2D eigenvalue weighted by Crippen LogP contribution is 2.22. The van der Waals surface area contributed by atoms with Gasteiger partial charge in [0.05, 0.1) is 37.7 Å². The van der Waals surface area contributed by atoms with Crippen molar-refractivity contribution < 1.29 is 23.9 Å². The summed E-state index contributed by atoms with van der Waals surface area (Å²) in [6, 6.07) is 16.2. The van der Waals surface area contributed by atoms with Gasteiger partial charge >= 0.3 is 12.1 Å². The largest absolute Gasteiger partial charge is 0.469 e. The van der Waals surface area contributed by atoms with Crippen LogP contribution in [0.1, 0.15) is 66.3 Å². The number of benzene rings is 2. The highest BCUT2D eigenvalue weighted by atomic mass is 16.5. The first-order valence-corrected chi connectivity index (χ1v) is 15.3. The topological polar surface area (TPSA) is 154 Å². The van der Waals surface area contributed by atoms with E-state index in [2.05, 4.69) is 22.2 Å². The molecule has 0 spiro atoms. The van der Waals surface area contributed by atoms with Gasteiger partial charge in [-0.1, -0.05) is 32.3 Å². The number of anilines is 2. The number of aliphatic imine (C=N–C) groups is 1. The number of unbranched alkanes of at least 4 members (excludes halogenated alkanes) is 3. The van der Waals surface area contributed by atoms with Crippen molar-refractivity contribution in [2.24, 2.45) is 17.8 Å². The highest BCUT2D eigenvalue weighted by Gasteiger charge is 2.21. The van der Waals surface area contributed by atoms with Crippen LogP contribution in [-0.2, 0) is 27.9 Å². The number of esters is 1. The highest BCUT2D eigenvalue weighted by molar-refractivity contribution is 6.07. The fraction of sp³-hybridized carbons (Fsp3) is 0.353. The van der Waals surface area contributed by atoms with E-state index in [9.17, 15) is 14.4 Å². The lowest BCUT2D eigenvalue weighted by atomic mass is 10.1. The Balaban J connectivity index is 1.44. The van der Waals surface area contributed by atoms with E-state index in [1.807, 2.05) is 42.8 Å². The number of aryl methyl sites for hydroxylation is 2. The van der Waals surface area contributed by atoms with Crippen LogP contribution in [0.3, 0.4) is 0 Å². The number of amidine groups is 1. The van der Waals surface area contributed by atoms with Gasteiger partial charge in [-0.15, -0.1) is 0 Å². The number of amides is 2. The fourth-order valence-electron chi connectivity index (χ4n) is 4.96. The number of fused-ring (bicyclic) bond motifs is 1. The van der Waals surface area contributed by atoms with E-state index in [4.69, 9.17) is 20.2 Å². The monoisotopic (exact) mass is 627 g/mol. The molecule has 0 saturated carbocycles. The average Bonchev–Trinajstić information content (AvgIpc) is 3.38. The molecule has 0 aliphatic carbocycles. The number of carbonyl (C=O) groups is 3. The van der Waals surface area contributed by atoms with Crippen LogP contribution in [0.25, 0.3) is 11.0 Å². The summed E-state index contributed by atoms with van der Waals surface area (Å²) in [5.41, 5.74) is 10.4. The molecule has 0 bridgehead atoms. The number of carbonyl (C=O) groups excluding carboxylic acids is 3. The summed E-state index contributed by atoms with van der Waals surface area (Å²) in [4.78, 5) is 51.9. The lowest BCUT2D eigenvalue weighted by molar-refractivity contribution is -0.140. The normalized spacial score (nSPS) is 11.3. The molecule has 46 heavy (non-hydrogen) atoms. The molecule has 2 amide bonds. The predicted molar refractivity (Wildman–Crippen MR) is 178 cm³/mol. The average molecular weight is 628 g/mol. The Morgan fingerprint density at radius 2 is 1.89 bits per heavy atom. The van der Waals surface area contributed by atoms with Gasteiger partial charge in [-0.3, -0.25) is 14.5 Å². The zero-order valence-electron chi connectivity index (χ0n) is 26.8. The number of nitrogens with two attached hydrogens (primary N) is 1. The first kappa shape index (κ1) is 33.6. The fourth-order valence-corrected chi connectivity index (χ4v) is 4.96. The molecular formula is C34H41N7O5. The van der Waals surface area contributed by atoms with E-state index >= 15 is 0 Å². The van der Waals surface area contributed by atoms with E-state index in [-0.39, 0.29) is 24.7 Å². The molecule has 0 fully saturated rings. The summed E-state index contributed by atoms with van der Waals surface area (Å²) in [6.45, 7) is 4.89. The number of ether oxygens (including phenoxy) is 2. The van der Waals surface area contributed by atoms with Crippen molar-refractivity contribution in [3.05, 3.63) is 83.3 Å². The summed E-state index contributed by atoms with van der Waals surface area (Å²) in [6.07, 6.45) is 4.98. The van der Waals surface area contributed by atoms with Crippen LogP contribution in [0.4, 0.5) is 16.3 Å². The number of methoxy groups -OCH3 is 1. The minimum Gasteiger partial charge on any atom is -0.469 e. The second kappa shape index (κ2) is 16.2. The van der Waals surface area contributed by atoms with Gasteiger partial charge in [0.25, 0.3) is 5.91 Å². The summed E-state index contributed by atoms with van der Waals surface area (Å²) < 4.78 is 11.9. The van der Waals surface area contributed by atoms with Gasteiger partial charge in [0.15, 0.2) is 0 Å². The molecule has 2 aromatic carbocycles. The number of aromatic nitrogens is 3. The van der Waals surface area contributed by atoms with Gasteiger partial charge in [-0.05, 0) is 67.4 Å². The third-order valence-corrected chi connectivity index (χ3v) is 7.55. The number of hydrogen-bond donors (Lipinski definition) is 2. The SMILES string of the molecule is CCCCCCOC(=O)/N=C(/N)c1ccc(NCc2nc3cc(C(=O)N(CCC(=O)OC)c4ccccn4)ccc3n2C)cc1C. The smallest absolute Gasteiger partial charge is 0.435 e. The standard InChI is InChI=1S/C34H41N7O5/c1-5-6-7-10-19-46-34(44)39-32(35)26-14-13-25(20-23(26)2)37-22-30-38-27-21-24(12-15-28(27)40(30)3)33(43)41(18-16-31(42)45-4)29-11-8-9-17-36-29/h8-9,11-15,17,20-21,37H,5-7,10,16,18-19,22H2,1-4H3,(H2,35,39,44). The number of nitrogens with zero attached hydrogens (tertiary/aromatic N) is 5. The molecule has 0 unspecified atom stereocenters. The molecule has 0 radical (unpaired) electrons. The molecule has 2 aromatic heterocycles. The zero-order chi connectivity index (χ0) is 33.1. The third kappa shape index (κ3) is 8.68. The van der Waals surface area contributed by atoms with Gasteiger partial charge in [0.2, 0.25) is 0 Å². The van der Waals surface area contributed by atoms with Gasteiger partial charge < -0.3 is 25.1 Å². The molecule has 2 heterocycles. The van der Waals surface area contributed by atoms with Gasteiger partial charge in [0.1, 0.15) is 17.5 Å². The minimum absolute atomic E-state index is 0.0338. The van der Waals surface area contributed by atoms with Crippen molar-refractivity contribution in [1.29, 1.82) is 0 Å². The molecular weight excluding hydrogens is 586 g/mol. The quantitative estimate of drug-likeness (QED) is 0.0796. The summed E-state index contributed by atoms with van der Waals surface area (Å²) in [5, 5.41) is 3.38. The Hall–Kier alpha value is -5.26. The van der Waals surface area contributed by atoms with Crippen LogP contribution in [0.2, 0.25) is 0 Å². The minimum atomic E-state index is -0.687. The van der Waals surface area contributed by atoms with Crippen LogP contribution in [0, 0.1) is 6.92 Å². The van der Waals surface area contributed by atoms with Crippen LogP contribution in [0.5, 0.6) is 0 Å². The Morgan fingerprint density at radius 1 is 1.07 bits per heavy atom. The van der Waals surface area contributed by atoms with Crippen molar-refractivity contribution in [2.75, 3.05) is 30.5 Å². The molecule has 4 rings (SSSR count). The predicted octanol–water partition coefficient (Wildman–Crippen LogP) is 5.52. The van der Waals surface area contributed by atoms with Crippen molar-refractivity contribution >= 4 is 46.3 Å². The maximum absolute atomic E-state index is 13.6. The summed E-state index contributed by atoms with van der Waals surface area (Å²) >= 11 is 0. The second-order valence-electron chi connectivity index (χ2n) is 10.8. The molecule has 12 nitrogen and oxygen atoms in total. The molecule has 0 aliphatic rings.